The zero-order valence-corrected chi connectivity index (χ0v) is 11.6. The molecule has 104 valence electrons. The van der Waals surface area contributed by atoms with Gasteiger partial charge in [0.25, 0.3) is 0 Å². The van der Waals surface area contributed by atoms with Gasteiger partial charge in [-0.05, 0) is 36.8 Å². The Balaban J connectivity index is 1.94. The van der Waals surface area contributed by atoms with Gasteiger partial charge in [-0.15, -0.1) is 0 Å². The Kier molecular flexibility index (Phi) is 3.60. The largest absolute Gasteiger partial charge is 0.236 e. The minimum absolute atomic E-state index is 0.252. The third-order valence-corrected chi connectivity index (χ3v) is 3.03. The molecule has 4 heteroatoms. The molecule has 0 saturated carbocycles. The summed E-state index contributed by atoms with van der Waals surface area (Å²) in [6, 6.07) is 18.0. The summed E-state index contributed by atoms with van der Waals surface area (Å²) in [6.45, 7) is 1.93. The summed E-state index contributed by atoms with van der Waals surface area (Å²) in [5.74, 6) is 0.486. The van der Waals surface area contributed by atoms with Crippen LogP contribution in [0.15, 0.2) is 65.7 Å². The van der Waals surface area contributed by atoms with Crippen molar-refractivity contribution in [3.63, 3.8) is 0 Å². The lowest BCUT2D eigenvalue weighted by Gasteiger charge is -2.03. The molecule has 0 fully saturated rings. The molecule has 1 heterocycles. The molecule has 0 bridgehead atoms. The van der Waals surface area contributed by atoms with E-state index >= 15 is 0 Å². The monoisotopic (exact) mass is 279 g/mol. The quantitative estimate of drug-likeness (QED) is 0.665. The van der Waals surface area contributed by atoms with Crippen molar-refractivity contribution in [1.29, 1.82) is 0 Å². The fraction of sp³-hybridized carbons (Fsp3) is 0.0588. The number of para-hydroxylation sites is 1. The average molecular weight is 279 g/mol. The van der Waals surface area contributed by atoms with Crippen LogP contribution in [0.5, 0.6) is 0 Å². The molecular weight excluding hydrogens is 265 g/mol. The topological polar surface area (TPSA) is 30.2 Å². The van der Waals surface area contributed by atoms with Gasteiger partial charge in [0.1, 0.15) is 5.82 Å². The Labute approximate surface area is 122 Å². The normalized spacial score (nSPS) is 11.1. The summed E-state index contributed by atoms with van der Waals surface area (Å²) in [5.41, 5.74) is 2.69. The maximum Gasteiger partial charge on any atom is 0.155 e. The number of rotatable bonds is 3. The van der Waals surface area contributed by atoms with Crippen LogP contribution in [0.1, 0.15) is 11.3 Å². The molecule has 0 amide bonds. The number of aliphatic imine (C=N–C) groups is 1. The lowest BCUT2D eigenvalue weighted by molar-refractivity contribution is 0.628. The summed E-state index contributed by atoms with van der Waals surface area (Å²) in [4.78, 5) is 4.46. The van der Waals surface area contributed by atoms with Crippen LogP contribution < -0.4 is 0 Å². The van der Waals surface area contributed by atoms with E-state index in [0.717, 1.165) is 22.8 Å². The molecule has 3 nitrogen and oxygen atoms in total. The van der Waals surface area contributed by atoms with E-state index in [1.54, 1.807) is 23.0 Å². The van der Waals surface area contributed by atoms with Gasteiger partial charge in [0.15, 0.2) is 5.82 Å². The van der Waals surface area contributed by atoms with Crippen molar-refractivity contribution >= 4 is 12.0 Å². The van der Waals surface area contributed by atoms with E-state index in [4.69, 9.17) is 0 Å². The molecule has 3 aromatic rings. The van der Waals surface area contributed by atoms with Gasteiger partial charge >= 0.3 is 0 Å². The van der Waals surface area contributed by atoms with Gasteiger partial charge in [-0.25, -0.2) is 14.1 Å². The van der Waals surface area contributed by atoms with Crippen LogP contribution in [0.2, 0.25) is 0 Å². The molecule has 0 unspecified atom stereocenters. The van der Waals surface area contributed by atoms with Crippen molar-refractivity contribution in [2.75, 3.05) is 0 Å². The zero-order chi connectivity index (χ0) is 14.7. The first-order valence-electron chi connectivity index (χ1n) is 6.64. The summed E-state index contributed by atoms with van der Waals surface area (Å²) < 4.78 is 14.7. The van der Waals surface area contributed by atoms with Crippen LogP contribution >= 0.6 is 0 Å². The van der Waals surface area contributed by atoms with E-state index in [1.165, 1.54) is 12.1 Å². The van der Waals surface area contributed by atoms with Crippen molar-refractivity contribution in [2.45, 2.75) is 6.92 Å². The minimum Gasteiger partial charge on any atom is -0.236 e. The highest BCUT2D eigenvalue weighted by Crippen LogP contribution is 2.19. The van der Waals surface area contributed by atoms with Gasteiger partial charge in [-0.3, -0.25) is 0 Å². The van der Waals surface area contributed by atoms with Gasteiger partial charge in [0, 0.05) is 12.3 Å². The first-order chi connectivity index (χ1) is 10.2. The standard InChI is InChI=1S/C17H14FN3/c1-13-11-17(19-12-14-7-9-15(18)10-8-14)21(20-13)16-5-3-2-4-6-16/h2-12H,1H3/b19-12+. The van der Waals surface area contributed by atoms with E-state index < -0.39 is 0 Å². The van der Waals surface area contributed by atoms with E-state index in [1.807, 2.05) is 43.3 Å². The molecule has 0 aliphatic heterocycles. The van der Waals surface area contributed by atoms with E-state index in [0.29, 0.717) is 0 Å². The van der Waals surface area contributed by atoms with Crippen molar-refractivity contribution in [3.05, 3.63) is 77.7 Å². The molecule has 2 aromatic carbocycles. The van der Waals surface area contributed by atoms with Gasteiger partial charge in [-0.1, -0.05) is 30.3 Å². The average Bonchev–Trinajstić information content (AvgIpc) is 2.89. The van der Waals surface area contributed by atoms with Crippen LogP contribution in [0.3, 0.4) is 0 Å². The minimum atomic E-state index is -0.252. The van der Waals surface area contributed by atoms with Gasteiger partial charge in [-0.2, -0.15) is 5.10 Å². The molecular formula is C17H14FN3. The number of hydrogen-bond acceptors (Lipinski definition) is 2. The predicted octanol–water partition coefficient (Wildman–Crippen LogP) is 4.07. The third-order valence-electron chi connectivity index (χ3n) is 3.03. The Morgan fingerprint density at radius 2 is 1.76 bits per heavy atom. The van der Waals surface area contributed by atoms with Crippen molar-refractivity contribution in [2.24, 2.45) is 4.99 Å². The fourth-order valence-electron chi connectivity index (χ4n) is 2.03. The Hall–Kier alpha value is -2.75. The van der Waals surface area contributed by atoms with Crippen molar-refractivity contribution in [3.8, 4) is 5.69 Å². The van der Waals surface area contributed by atoms with Crippen LogP contribution in [0, 0.1) is 12.7 Å². The smallest absolute Gasteiger partial charge is 0.155 e. The summed E-state index contributed by atoms with van der Waals surface area (Å²) in [5, 5.41) is 4.45. The number of hydrogen-bond donors (Lipinski definition) is 0. The second kappa shape index (κ2) is 5.71. The van der Waals surface area contributed by atoms with Crippen molar-refractivity contribution in [1.82, 2.24) is 9.78 Å². The zero-order valence-electron chi connectivity index (χ0n) is 11.6. The predicted molar refractivity (Wildman–Crippen MR) is 82.0 cm³/mol. The Morgan fingerprint density at radius 1 is 1.05 bits per heavy atom. The van der Waals surface area contributed by atoms with Crippen LogP contribution in [-0.2, 0) is 0 Å². The van der Waals surface area contributed by atoms with E-state index in [9.17, 15) is 4.39 Å². The molecule has 0 aliphatic rings. The second-order valence-electron chi connectivity index (χ2n) is 4.70. The maximum atomic E-state index is 12.9. The molecule has 3 rings (SSSR count). The van der Waals surface area contributed by atoms with Crippen LogP contribution in [0.4, 0.5) is 10.2 Å². The molecule has 0 radical (unpaired) electrons. The molecule has 21 heavy (non-hydrogen) atoms. The number of halogens is 1. The molecule has 1 aromatic heterocycles. The van der Waals surface area contributed by atoms with Gasteiger partial charge < -0.3 is 0 Å². The molecule has 0 aliphatic carbocycles. The third kappa shape index (κ3) is 3.05. The van der Waals surface area contributed by atoms with E-state index in [2.05, 4.69) is 10.1 Å². The first-order valence-corrected chi connectivity index (χ1v) is 6.64. The summed E-state index contributed by atoms with van der Waals surface area (Å²) >= 11 is 0. The highest BCUT2D eigenvalue weighted by Gasteiger charge is 2.05. The van der Waals surface area contributed by atoms with Crippen molar-refractivity contribution < 1.29 is 4.39 Å². The highest BCUT2D eigenvalue weighted by atomic mass is 19.1. The number of benzene rings is 2. The SMILES string of the molecule is Cc1cc(/N=C/c2ccc(F)cc2)n(-c2ccccc2)n1. The van der Waals surface area contributed by atoms with Crippen LogP contribution in [0.25, 0.3) is 5.69 Å². The molecule has 0 saturated heterocycles. The number of aryl methyl sites for hydroxylation is 1. The fourth-order valence-corrected chi connectivity index (χ4v) is 2.03. The lowest BCUT2D eigenvalue weighted by Crippen LogP contribution is -1.95. The number of nitrogens with zero attached hydrogens (tertiary/aromatic N) is 3. The lowest BCUT2D eigenvalue weighted by atomic mass is 10.2. The second-order valence-corrected chi connectivity index (χ2v) is 4.70. The van der Waals surface area contributed by atoms with E-state index in [-0.39, 0.29) is 5.82 Å². The number of aromatic nitrogens is 2. The van der Waals surface area contributed by atoms with Gasteiger partial charge in [0.05, 0.1) is 11.4 Å². The first kappa shape index (κ1) is 13.2. The molecule has 0 N–H and O–H groups in total. The Bertz CT molecular complexity index is 758. The molecule has 0 atom stereocenters. The summed E-state index contributed by atoms with van der Waals surface area (Å²) in [7, 11) is 0. The van der Waals surface area contributed by atoms with Crippen LogP contribution in [-0.4, -0.2) is 16.0 Å². The van der Waals surface area contributed by atoms with Gasteiger partial charge in [0.2, 0.25) is 0 Å². The molecule has 0 spiro atoms. The maximum absolute atomic E-state index is 12.9. The summed E-state index contributed by atoms with van der Waals surface area (Å²) in [6.07, 6.45) is 1.70. The highest BCUT2D eigenvalue weighted by molar-refractivity contribution is 5.81. The Morgan fingerprint density at radius 3 is 2.48 bits per heavy atom.